The van der Waals surface area contributed by atoms with Crippen LogP contribution in [0.1, 0.15) is 47.0 Å². The van der Waals surface area contributed by atoms with Crippen LogP contribution in [0.5, 0.6) is 0 Å². The second-order valence-corrected chi connectivity index (χ2v) is 7.29. The van der Waals surface area contributed by atoms with E-state index >= 15 is 0 Å². The zero-order valence-electron chi connectivity index (χ0n) is 16.5. The topological polar surface area (TPSA) is 42.9 Å². The van der Waals surface area contributed by atoms with Crippen LogP contribution in [0, 0.1) is 0 Å². The molecule has 24 heavy (non-hydrogen) atoms. The summed E-state index contributed by atoms with van der Waals surface area (Å²) in [7, 11) is 1.86. The van der Waals surface area contributed by atoms with Gasteiger partial charge in [0.1, 0.15) is 0 Å². The predicted molar refractivity (Wildman–Crippen MR) is 106 cm³/mol. The van der Waals surface area contributed by atoms with Crippen LogP contribution in [0.15, 0.2) is 17.6 Å². The van der Waals surface area contributed by atoms with Gasteiger partial charge in [0.05, 0.1) is 0 Å². The van der Waals surface area contributed by atoms with Crippen molar-refractivity contribution in [2.75, 3.05) is 39.8 Å². The molecule has 0 aromatic carbocycles. The van der Waals surface area contributed by atoms with Gasteiger partial charge < -0.3 is 10.6 Å². The first kappa shape index (κ1) is 21.0. The lowest BCUT2D eigenvalue weighted by atomic mass is 10.1. The van der Waals surface area contributed by atoms with E-state index in [0.717, 1.165) is 45.1 Å². The third-order valence-corrected chi connectivity index (χ3v) is 4.75. The predicted octanol–water partition coefficient (Wildman–Crippen LogP) is 2.31. The summed E-state index contributed by atoms with van der Waals surface area (Å²) >= 11 is 0. The molecular formula is C19H39N5. The van der Waals surface area contributed by atoms with E-state index in [0.29, 0.717) is 18.1 Å². The number of nitrogens with zero attached hydrogens (tertiary/aromatic N) is 3. The van der Waals surface area contributed by atoms with Gasteiger partial charge in [-0.25, -0.2) is 0 Å². The van der Waals surface area contributed by atoms with Crippen molar-refractivity contribution in [1.82, 2.24) is 20.4 Å². The third kappa shape index (κ3) is 7.67. The fraction of sp³-hybridized carbons (Fsp3) is 0.842. The maximum atomic E-state index is 4.38. The molecule has 1 heterocycles. The number of likely N-dealkylation sites (tertiary alicyclic amines) is 1. The minimum atomic E-state index is 0.528. The summed E-state index contributed by atoms with van der Waals surface area (Å²) in [6, 6.07) is 1.73. The van der Waals surface area contributed by atoms with Crippen molar-refractivity contribution in [3.63, 3.8) is 0 Å². The molecule has 1 fully saturated rings. The molecule has 5 heteroatoms. The zero-order chi connectivity index (χ0) is 17.9. The number of nitrogens with one attached hydrogen (secondary N) is 2. The van der Waals surface area contributed by atoms with Crippen molar-refractivity contribution in [3.05, 3.63) is 12.7 Å². The molecule has 0 aromatic heterocycles. The smallest absolute Gasteiger partial charge is 0.191 e. The normalized spacial score (nSPS) is 17.8. The summed E-state index contributed by atoms with van der Waals surface area (Å²) in [6.45, 7) is 18.3. The van der Waals surface area contributed by atoms with Crippen molar-refractivity contribution < 1.29 is 0 Å². The lowest BCUT2D eigenvalue weighted by Crippen LogP contribution is -2.49. The number of hydrogen-bond acceptors (Lipinski definition) is 3. The summed E-state index contributed by atoms with van der Waals surface area (Å²) in [5.74, 6) is 0.942. The fourth-order valence-corrected chi connectivity index (χ4v) is 3.41. The van der Waals surface area contributed by atoms with Gasteiger partial charge in [-0.3, -0.25) is 14.8 Å². The van der Waals surface area contributed by atoms with Crippen LogP contribution in [-0.2, 0) is 0 Å². The third-order valence-electron chi connectivity index (χ3n) is 4.75. The van der Waals surface area contributed by atoms with Crippen LogP contribution >= 0.6 is 0 Å². The van der Waals surface area contributed by atoms with Gasteiger partial charge in [0.15, 0.2) is 5.96 Å². The number of hydrogen-bond donors (Lipinski definition) is 2. The molecule has 5 nitrogen and oxygen atoms in total. The second kappa shape index (κ2) is 11.5. The first-order valence-electron chi connectivity index (χ1n) is 9.54. The van der Waals surface area contributed by atoms with Gasteiger partial charge in [-0.15, -0.1) is 6.58 Å². The molecule has 0 amide bonds. The summed E-state index contributed by atoms with van der Waals surface area (Å²) in [5, 5.41) is 7.04. The molecule has 0 spiro atoms. The van der Waals surface area contributed by atoms with Crippen LogP contribution < -0.4 is 10.6 Å². The van der Waals surface area contributed by atoms with Crippen molar-refractivity contribution in [2.24, 2.45) is 4.99 Å². The van der Waals surface area contributed by atoms with Crippen molar-refractivity contribution >= 4 is 5.96 Å². The molecule has 0 atom stereocenters. The van der Waals surface area contributed by atoms with E-state index < -0.39 is 0 Å². The van der Waals surface area contributed by atoms with E-state index in [9.17, 15) is 0 Å². The molecule has 1 rings (SSSR count). The van der Waals surface area contributed by atoms with E-state index in [1.807, 2.05) is 13.1 Å². The van der Waals surface area contributed by atoms with Gasteiger partial charge in [0.2, 0.25) is 0 Å². The Kier molecular flexibility index (Phi) is 10.0. The van der Waals surface area contributed by atoms with Crippen LogP contribution in [0.4, 0.5) is 0 Å². The van der Waals surface area contributed by atoms with Crippen LogP contribution in [-0.4, -0.2) is 73.7 Å². The molecular weight excluding hydrogens is 298 g/mol. The Morgan fingerprint density at radius 1 is 1.25 bits per heavy atom. The van der Waals surface area contributed by atoms with Gasteiger partial charge >= 0.3 is 0 Å². The Bertz CT molecular complexity index is 362. The Hall–Kier alpha value is -1.07. The van der Waals surface area contributed by atoms with Crippen molar-refractivity contribution in [2.45, 2.75) is 65.1 Å². The molecule has 0 bridgehead atoms. The first-order valence-corrected chi connectivity index (χ1v) is 9.54. The molecule has 1 saturated heterocycles. The summed E-state index contributed by atoms with van der Waals surface area (Å²) in [4.78, 5) is 9.36. The second-order valence-electron chi connectivity index (χ2n) is 7.29. The van der Waals surface area contributed by atoms with Crippen molar-refractivity contribution in [3.8, 4) is 0 Å². The van der Waals surface area contributed by atoms with Gasteiger partial charge in [0.25, 0.3) is 0 Å². The van der Waals surface area contributed by atoms with Crippen LogP contribution in [0.3, 0.4) is 0 Å². The maximum absolute atomic E-state index is 4.38. The molecule has 0 aliphatic carbocycles. The largest absolute Gasteiger partial charge is 0.356 e. The molecule has 140 valence electrons. The van der Waals surface area contributed by atoms with E-state index in [1.165, 1.54) is 12.8 Å². The Morgan fingerprint density at radius 3 is 2.38 bits per heavy atom. The zero-order valence-corrected chi connectivity index (χ0v) is 16.5. The lowest BCUT2D eigenvalue weighted by Gasteiger charge is -2.32. The minimum Gasteiger partial charge on any atom is -0.356 e. The fourth-order valence-electron chi connectivity index (χ4n) is 3.41. The van der Waals surface area contributed by atoms with E-state index in [2.05, 4.69) is 59.7 Å². The number of rotatable bonds is 9. The molecule has 0 aromatic rings. The maximum Gasteiger partial charge on any atom is 0.191 e. The Morgan fingerprint density at radius 2 is 1.88 bits per heavy atom. The highest BCUT2D eigenvalue weighted by Crippen LogP contribution is 2.10. The van der Waals surface area contributed by atoms with Crippen LogP contribution in [0.2, 0.25) is 0 Å². The molecule has 1 aliphatic rings. The molecule has 0 radical (unpaired) electrons. The Labute approximate surface area is 149 Å². The first-order chi connectivity index (χ1) is 11.5. The van der Waals surface area contributed by atoms with E-state index in [-0.39, 0.29) is 0 Å². The SMILES string of the molecule is C=CCN1CCC(NC(=NC)NCCCN(C(C)C)C(C)C)CC1. The average molecular weight is 338 g/mol. The molecule has 1 aliphatic heterocycles. The monoisotopic (exact) mass is 337 g/mol. The Balaban J connectivity index is 2.25. The highest BCUT2D eigenvalue weighted by atomic mass is 15.2. The molecule has 2 N–H and O–H groups in total. The van der Waals surface area contributed by atoms with Gasteiger partial charge in [-0.05, 0) is 47.0 Å². The van der Waals surface area contributed by atoms with Crippen molar-refractivity contribution in [1.29, 1.82) is 0 Å². The number of aliphatic imine (C=N–C) groups is 1. The summed E-state index contributed by atoms with van der Waals surface area (Å²) in [6.07, 6.45) is 5.46. The quantitative estimate of drug-likeness (QED) is 0.293. The van der Waals surface area contributed by atoms with Gasteiger partial charge in [0, 0.05) is 57.9 Å². The number of piperidine rings is 1. The highest BCUT2D eigenvalue weighted by Gasteiger charge is 2.19. The summed E-state index contributed by atoms with van der Waals surface area (Å²) in [5.41, 5.74) is 0. The van der Waals surface area contributed by atoms with E-state index in [1.54, 1.807) is 0 Å². The van der Waals surface area contributed by atoms with Crippen LogP contribution in [0.25, 0.3) is 0 Å². The molecule has 0 saturated carbocycles. The molecule has 0 unspecified atom stereocenters. The average Bonchev–Trinajstić information content (AvgIpc) is 2.54. The number of guanidine groups is 1. The van der Waals surface area contributed by atoms with Gasteiger partial charge in [-0.2, -0.15) is 0 Å². The highest BCUT2D eigenvalue weighted by molar-refractivity contribution is 5.79. The minimum absolute atomic E-state index is 0.528. The standard InChI is InChI=1S/C19H39N5/c1-7-12-23-14-9-18(10-15-23)22-19(20-6)21-11-8-13-24(16(2)3)17(4)5/h7,16-18H,1,8-15H2,2-6H3,(H2,20,21,22). The lowest BCUT2D eigenvalue weighted by molar-refractivity contribution is 0.173. The van der Waals surface area contributed by atoms with Gasteiger partial charge in [-0.1, -0.05) is 6.08 Å². The summed E-state index contributed by atoms with van der Waals surface area (Å²) < 4.78 is 0. The van der Waals surface area contributed by atoms with E-state index in [4.69, 9.17) is 0 Å².